The van der Waals surface area contributed by atoms with Crippen LogP contribution in [0.1, 0.15) is 26.2 Å². The molecule has 3 nitrogen and oxygen atoms in total. The van der Waals surface area contributed by atoms with E-state index in [2.05, 4.69) is 17.1 Å². The second kappa shape index (κ2) is 6.35. The summed E-state index contributed by atoms with van der Waals surface area (Å²) in [4.78, 5) is 14.0. The van der Waals surface area contributed by atoms with Gasteiger partial charge in [0.15, 0.2) is 0 Å². The average Bonchev–Trinajstić information content (AvgIpc) is 2.36. The first-order chi connectivity index (χ1) is 9.06. The molecule has 0 saturated carbocycles. The van der Waals surface area contributed by atoms with Gasteiger partial charge in [0.1, 0.15) is 5.82 Å². The molecule has 1 heterocycles. The Labute approximate surface area is 117 Å². The number of hydrogen-bond acceptors (Lipinski definition) is 2. The van der Waals surface area contributed by atoms with Gasteiger partial charge in [-0.1, -0.05) is 18.0 Å². The van der Waals surface area contributed by atoms with Crippen molar-refractivity contribution in [2.45, 2.75) is 32.2 Å². The zero-order valence-electron chi connectivity index (χ0n) is 11.0. The summed E-state index contributed by atoms with van der Waals surface area (Å²) in [5.74, 6) is -0.692. The number of amides is 1. The maximum absolute atomic E-state index is 13.6. The molecule has 0 radical (unpaired) electrons. The van der Waals surface area contributed by atoms with Gasteiger partial charge >= 0.3 is 0 Å². The number of benzene rings is 1. The normalized spacial score (nSPS) is 20.3. The van der Waals surface area contributed by atoms with E-state index in [1.807, 2.05) is 0 Å². The molecule has 104 valence electrons. The van der Waals surface area contributed by atoms with Crippen LogP contribution in [-0.4, -0.2) is 29.9 Å². The summed E-state index contributed by atoms with van der Waals surface area (Å²) in [7, 11) is 0. The molecule has 0 bridgehead atoms. The summed E-state index contributed by atoms with van der Waals surface area (Å²) in [6.45, 7) is 3.36. The Kier molecular flexibility index (Phi) is 4.77. The van der Waals surface area contributed by atoms with Gasteiger partial charge in [-0.05, 0) is 44.5 Å². The number of carbonyl (C=O) groups excluding carboxylic acids is 1. The quantitative estimate of drug-likeness (QED) is 0.924. The van der Waals surface area contributed by atoms with E-state index in [1.165, 1.54) is 18.6 Å². The van der Waals surface area contributed by atoms with E-state index in [1.54, 1.807) is 6.07 Å². The molecule has 1 N–H and O–H groups in total. The van der Waals surface area contributed by atoms with Gasteiger partial charge in [0, 0.05) is 11.1 Å². The van der Waals surface area contributed by atoms with Crippen molar-refractivity contribution in [2.24, 2.45) is 0 Å². The van der Waals surface area contributed by atoms with E-state index in [-0.39, 0.29) is 11.6 Å². The molecule has 19 heavy (non-hydrogen) atoms. The SMILES string of the molecule is C[C@@H]1CCCCN1CC(=O)Nc1ccc(Cl)cc1F. The van der Waals surface area contributed by atoms with Gasteiger partial charge in [-0.15, -0.1) is 0 Å². The first-order valence-electron chi connectivity index (χ1n) is 6.55. The molecule has 1 fully saturated rings. The highest BCUT2D eigenvalue weighted by Crippen LogP contribution is 2.20. The number of hydrogen-bond donors (Lipinski definition) is 1. The van der Waals surface area contributed by atoms with Gasteiger partial charge < -0.3 is 5.32 Å². The molecule has 0 aromatic heterocycles. The monoisotopic (exact) mass is 284 g/mol. The number of piperidine rings is 1. The number of likely N-dealkylation sites (tertiary alicyclic amines) is 1. The average molecular weight is 285 g/mol. The van der Waals surface area contributed by atoms with Crippen LogP contribution in [0.4, 0.5) is 10.1 Å². The Morgan fingerprint density at radius 1 is 1.53 bits per heavy atom. The Balaban J connectivity index is 1.93. The molecule has 0 unspecified atom stereocenters. The molecule has 5 heteroatoms. The number of halogens is 2. The third-order valence-corrected chi connectivity index (χ3v) is 3.73. The second-order valence-electron chi connectivity index (χ2n) is 4.99. The van der Waals surface area contributed by atoms with Crippen LogP contribution in [0.25, 0.3) is 0 Å². The molecule has 0 spiro atoms. The molecule has 1 atom stereocenters. The van der Waals surface area contributed by atoms with Crippen molar-refractivity contribution in [1.82, 2.24) is 4.90 Å². The smallest absolute Gasteiger partial charge is 0.238 e. The lowest BCUT2D eigenvalue weighted by Crippen LogP contribution is -2.42. The second-order valence-corrected chi connectivity index (χ2v) is 5.42. The van der Waals surface area contributed by atoms with Crippen molar-refractivity contribution >= 4 is 23.2 Å². The van der Waals surface area contributed by atoms with E-state index in [0.717, 1.165) is 19.4 Å². The van der Waals surface area contributed by atoms with Crippen LogP contribution in [0.15, 0.2) is 18.2 Å². The number of carbonyl (C=O) groups is 1. The molecule has 1 aliphatic rings. The minimum atomic E-state index is -0.507. The Morgan fingerprint density at radius 3 is 3.00 bits per heavy atom. The standard InChI is InChI=1S/C14H18ClFN2O/c1-10-4-2-3-7-18(10)9-14(19)17-13-6-5-11(15)8-12(13)16/h5-6,8,10H,2-4,7,9H2,1H3,(H,17,19)/t10-/m1/s1. The third-order valence-electron chi connectivity index (χ3n) is 3.49. The van der Waals surface area contributed by atoms with Crippen LogP contribution < -0.4 is 5.32 Å². The maximum Gasteiger partial charge on any atom is 0.238 e. The summed E-state index contributed by atoms with van der Waals surface area (Å²) in [5.41, 5.74) is 0.180. The van der Waals surface area contributed by atoms with Crippen molar-refractivity contribution in [1.29, 1.82) is 0 Å². The van der Waals surface area contributed by atoms with Gasteiger partial charge in [-0.2, -0.15) is 0 Å². The van der Waals surface area contributed by atoms with Crippen molar-refractivity contribution in [3.8, 4) is 0 Å². The Morgan fingerprint density at radius 2 is 2.32 bits per heavy atom. The summed E-state index contributed by atoms with van der Waals surface area (Å²) in [5, 5.41) is 2.91. The fraction of sp³-hybridized carbons (Fsp3) is 0.500. The maximum atomic E-state index is 13.6. The minimum Gasteiger partial charge on any atom is -0.322 e. The van der Waals surface area contributed by atoms with Gasteiger partial charge in [0.25, 0.3) is 0 Å². The Hall–Kier alpha value is -1.13. The largest absolute Gasteiger partial charge is 0.322 e. The highest BCUT2D eigenvalue weighted by atomic mass is 35.5. The van der Waals surface area contributed by atoms with E-state index in [4.69, 9.17) is 11.6 Å². The molecule has 1 aromatic rings. The fourth-order valence-corrected chi connectivity index (χ4v) is 2.52. The van der Waals surface area contributed by atoms with Crippen LogP contribution in [0.5, 0.6) is 0 Å². The molecule has 1 aliphatic heterocycles. The number of rotatable bonds is 3. The van der Waals surface area contributed by atoms with Crippen molar-refractivity contribution in [3.63, 3.8) is 0 Å². The van der Waals surface area contributed by atoms with Crippen LogP contribution >= 0.6 is 11.6 Å². The lowest BCUT2D eigenvalue weighted by Gasteiger charge is -2.32. The van der Waals surface area contributed by atoms with Crippen LogP contribution in [0.3, 0.4) is 0 Å². The lowest BCUT2D eigenvalue weighted by molar-refractivity contribution is -0.118. The van der Waals surface area contributed by atoms with E-state index >= 15 is 0 Å². The predicted octanol–water partition coefficient (Wildman–Crippen LogP) is 3.29. The molecular weight excluding hydrogens is 267 g/mol. The highest BCUT2D eigenvalue weighted by Gasteiger charge is 2.20. The summed E-state index contributed by atoms with van der Waals surface area (Å²) in [6.07, 6.45) is 3.45. The van der Waals surface area contributed by atoms with E-state index in [9.17, 15) is 9.18 Å². The van der Waals surface area contributed by atoms with Crippen molar-refractivity contribution in [3.05, 3.63) is 29.0 Å². The van der Waals surface area contributed by atoms with E-state index in [0.29, 0.717) is 17.6 Å². The van der Waals surface area contributed by atoms with Crippen LogP contribution in [0, 0.1) is 5.82 Å². The van der Waals surface area contributed by atoms with Crippen molar-refractivity contribution < 1.29 is 9.18 Å². The molecule has 2 rings (SSSR count). The van der Waals surface area contributed by atoms with Crippen molar-refractivity contribution in [2.75, 3.05) is 18.4 Å². The van der Waals surface area contributed by atoms with Crippen LogP contribution in [-0.2, 0) is 4.79 Å². The highest BCUT2D eigenvalue weighted by molar-refractivity contribution is 6.30. The van der Waals surface area contributed by atoms with Gasteiger partial charge in [0.2, 0.25) is 5.91 Å². The summed E-state index contributed by atoms with van der Waals surface area (Å²) < 4.78 is 13.6. The Bertz CT molecular complexity index is 467. The molecule has 0 aliphatic carbocycles. The number of anilines is 1. The first-order valence-corrected chi connectivity index (χ1v) is 6.93. The predicted molar refractivity (Wildman–Crippen MR) is 74.9 cm³/mol. The minimum absolute atomic E-state index is 0.180. The number of nitrogens with one attached hydrogen (secondary N) is 1. The van der Waals surface area contributed by atoms with Crippen LogP contribution in [0.2, 0.25) is 5.02 Å². The zero-order chi connectivity index (χ0) is 13.8. The molecular formula is C14H18ClFN2O. The lowest BCUT2D eigenvalue weighted by atomic mass is 10.0. The van der Waals surface area contributed by atoms with E-state index < -0.39 is 5.82 Å². The number of nitrogens with zero attached hydrogens (tertiary/aromatic N) is 1. The van der Waals surface area contributed by atoms with Gasteiger partial charge in [-0.25, -0.2) is 4.39 Å². The summed E-state index contributed by atoms with van der Waals surface area (Å²) >= 11 is 5.67. The zero-order valence-corrected chi connectivity index (χ0v) is 11.7. The first kappa shape index (κ1) is 14.3. The molecule has 1 saturated heterocycles. The molecule has 1 aromatic carbocycles. The summed E-state index contributed by atoms with van der Waals surface area (Å²) in [6, 6.07) is 4.65. The van der Waals surface area contributed by atoms with Gasteiger partial charge in [-0.3, -0.25) is 9.69 Å². The van der Waals surface area contributed by atoms with Gasteiger partial charge in [0.05, 0.1) is 12.2 Å². The molecule has 1 amide bonds. The topological polar surface area (TPSA) is 32.3 Å². The third kappa shape index (κ3) is 3.91. The fourth-order valence-electron chi connectivity index (χ4n) is 2.36.